The lowest BCUT2D eigenvalue weighted by molar-refractivity contribution is 0.216. The van der Waals surface area contributed by atoms with Crippen LogP contribution in [0.4, 0.5) is 0 Å². The van der Waals surface area contributed by atoms with Crippen LogP contribution in [0.15, 0.2) is 39.9 Å². The predicted molar refractivity (Wildman–Crippen MR) is 98.0 cm³/mol. The maximum absolute atomic E-state index is 12.7. The lowest BCUT2D eigenvalue weighted by Crippen LogP contribution is -2.31. The molecule has 136 valence electrons. The molecule has 1 aliphatic heterocycles. The Labute approximate surface area is 151 Å². The zero-order valence-corrected chi connectivity index (χ0v) is 15.1. The van der Waals surface area contributed by atoms with Crippen molar-refractivity contribution < 1.29 is 4.52 Å². The second-order valence-corrected chi connectivity index (χ2v) is 7.15. The van der Waals surface area contributed by atoms with Gasteiger partial charge in [-0.1, -0.05) is 17.3 Å². The molecule has 0 spiro atoms. The minimum Gasteiger partial charge on any atom is -0.337 e. The van der Waals surface area contributed by atoms with Crippen molar-refractivity contribution in [2.45, 2.75) is 32.2 Å². The van der Waals surface area contributed by atoms with Gasteiger partial charge in [0.25, 0.3) is 5.56 Å². The Morgan fingerprint density at radius 2 is 2.04 bits per heavy atom. The van der Waals surface area contributed by atoms with Crippen LogP contribution in [0.25, 0.3) is 10.9 Å². The van der Waals surface area contributed by atoms with E-state index >= 15 is 0 Å². The van der Waals surface area contributed by atoms with Crippen molar-refractivity contribution in [3.05, 3.63) is 52.7 Å². The summed E-state index contributed by atoms with van der Waals surface area (Å²) in [6.07, 6.45) is 4.69. The molecule has 0 aliphatic carbocycles. The van der Waals surface area contributed by atoms with Crippen LogP contribution in [0.3, 0.4) is 0 Å². The molecule has 1 aliphatic rings. The van der Waals surface area contributed by atoms with Crippen LogP contribution in [-0.4, -0.2) is 44.7 Å². The fourth-order valence-electron chi connectivity index (χ4n) is 3.52. The summed E-state index contributed by atoms with van der Waals surface area (Å²) in [5.41, 5.74) is 0.590. The van der Waals surface area contributed by atoms with Crippen molar-refractivity contribution in [3.8, 4) is 0 Å². The van der Waals surface area contributed by atoms with E-state index in [2.05, 4.69) is 27.1 Å². The zero-order chi connectivity index (χ0) is 18.1. The van der Waals surface area contributed by atoms with Crippen molar-refractivity contribution in [2.24, 2.45) is 5.92 Å². The first kappa shape index (κ1) is 16.9. The highest BCUT2D eigenvalue weighted by molar-refractivity contribution is 5.76. The molecule has 7 heteroatoms. The third kappa shape index (κ3) is 3.26. The van der Waals surface area contributed by atoms with Crippen LogP contribution in [0, 0.1) is 5.92 Å². The molecule has 0 radical (unpaired) electrons. The molecule has 4 rings (SSSR count). The molecule has 7 nitrogen and oxygen atoms in total. The molecular formula is C19H23N5O2. The average molecular weight is 353 g/mol. The molecule has 26 heavy (non-hydrogen) atoms. The van der Waals surface area contributed by atoms with Gasteiger partial charge in [0.2, 0.25) is 5.89 Å². The topological polar surface area (TPSA) is 77.1 Å². The van der Waals surface area contributed by atoms with Gasteiger partial charge >= 0.3 is 0 Å². The third-order valence-electron chi connectivity index (χ3n) is 5.26. The van der Waals surface area contributed by atoms with E-state index in [0.29, 0.717) is 22.7 Å². The van der Waals surface area contributed by atoms with E-state index in [9.17, 15) is 4.79 Å². The van der Waals surface area contributed by atoms with E-state index in [1.165, 1.54) is 0 Å². The molecule has 0 unspecified atom stereocenters. The minimum atomic E-state index is -0.349. The quantitative estimate of drug-likeness (QED) is 0.716. The second kappa shape index (κ2) is 6.99. The summed E-state index contributed by atoms with van der Waals surface area (Å²) in [5.74, 6) is 1.77. The summed E-state index contributed by atoms with van der Waals surface area (Å²) in [4.78, 5) is 24.0. The van der Waals surface area contributed by atoms with E-state index in [0.717, 1.165) is 38.2 Å². The number of piperidine rings is 1. The van der Waals surface area contributed by atoms with Gasteiger partial charge in [0.05, 0.1) is 17.2 Å². The highest BCUT2D eigenvalue weighted by atomic mass is 16.5. The largest absolute Gasteiger partial charge is 0.337 e. The number of rotatable bonds is 4. The Morgan fingerprint density at radius 1 is 1.27 bits per heavy atom. The van der Waals surface area contributed by atoms with Gasteiger partial charge < -0.3 is 9.42 Å². The van der Waals surface area contributed by atoms with E-state index < -0.39 is 0 Å². The second-order valence-electron chi connectivity index (χ2n) is 7.15. The summed E-state index contributed by atoms with van der Waals surface area (Å²) < 4.78 is 7.00. The Hall–Kier alpha value is -2.54. The van der Waals surface area contributed by atoms with Crippen LogP contribution >= 0.6 is 0 Å². The fraction of sp³-hybridized carbons (Fsp3) is 0.474. The first-order chi connectivity index (χ1) is 12.6. The summed E-state index contributed by atoms with van der Waals surface area (Å²) in [6, 6.07) is 6.98. The van der Waals surface area contributed by atoms with Crippen LogP contribution in [0.5, 0.6) is 0 Å². The Bertz CT molecular complexity index is 956. The molecule has 1 saturated heterocycles. The van der Waals surface area contributed by atoms with Crippen LogP contribution in [-0.2, 0) is 6.42 Å². The number of hydrogen-bond acceptors (Lipinski definition) is 6. The molecule has 0 saturated carbocycles. The Balaban J connectivity index is 1.54. The number of hydrogen-bond donors (Lipinski definition) is 0. The van der Waals surface area contributed by atoms with Crippen molar-refractivity contribution in [3.63, 3.8) is 0 Å². The smallest absolute Gasteiger partial charge is 0.261 e. The van der Waals surface area contributed by atoms with Gasteiger partial charge in [-0.25, -0.2) is 4.98 Å². The molecule has 1 aromatic carbocycles. The summed E-state index contributed by atoms with van der Waals surface area (Å²) >= 11 is 0. The lowest BCUT2D eigenvalue weighted by atomic mass is 9.94. The molecule has 3 heterocycles. The summed E-state index contributed by atoms with van der Waals surface area (Å²) in [5, 5.41) is 4.72. The van der Waals surface area contributed by atoms with Crippen molar-refractivity contribution >= 4 is 10.9 Å². The van der Waals surface area contributed by atoms with Gasteiger partial charge in [0.15, 0.2) is 5.82 Å². The van der Waals surface area contributed by atoms with Crippen molar-refractivity contribution in [2.75, 3.05) is 20.1 Å². The molecule has 3 aromatic rings. The van der Waals surface area contributed by atoms with E-state index in [1.54, 1.807) is 17.0 Å². The molecular weight excluding hydrogens is 330 g/mol. The van der Waals surface area contributed by atoms with Gasteiger partial charge in [-0.15, -0.1) is 0 Å². The van der Waals surface area contributed by atoms with Gasteiger partial charge in [-0.2, -0.15) is 4.98 Å². The number of nitrogens with zero attached hydrogens (tertiary/aromatic N) is 5. The normalized spacial score (nSPS) is 17.6. The molecule has 0 bridgehead atoms. The highest BCUT2D eigenvalue weighted by Gasteiger charge is 2.22. The average Bonchev–Trinajstić information content (AvgIpc) is 3.12. The molecule has 1 fully saturated rings. The monoisotopic (exact) mass is 353 g/mol. The molecule has 0 amide bonds. The maximum Gasteiger partial charge on any atom is 0.261 e. The van der Waals surface area contributed by atoms with Gasteiger partial charge in [0, 0.05) is 6.42 Å². The first-order valence-corrected chi connectivity index (χ1v) is 9.08. The molecule has 2 aromatic heterocycles. The number of aromatic nitrogens is 4. The zero-order valence-electron chi connectivity index (χ0n) is 15.1. The molecule has 1 atom stereocenters. The maximum atomic E-state index is 12.7. The highest BCUT2D eigenvalue weighted by Crippen LogP contribution is 2.21. The third-order valence-corrected chi connectivity index (χ3v) is 5.26. The molecule has 0 N–H and O–H groups in total. The SMILES string of the molecule is C[C@@H](c1nc(CC2CCN(C)CC2)no1)n1cnc2ccccc2c1=O. The van der Waals surface area contributed by atoms with E-state index in [4.69, 9.17) is 4.52 Å². The fourth-order valence-corrected chi connectivity index (χ4v) is 3.52. The standard InChI is InChI=1S/C19H23N5O2/c1-13(24-12-20-16-6-4-3-5-15(16)19(24)25)18-21-17(22-26-18)11-14-7-9-23(2)10-8-14/h3-6,12-14H,7-11H2,1-2H3/t13-/m0/s1. The van der Waals surface area contributed by atoms with Crippen LogP contribution in [0.2, 0.25) is 0 Å². The van der Waals surface area contributed by atoms with Crippen molar-refractivity contribution in [1.29, 1.82) is 0 Å². The van der Waals surface area contributed by atoms with Crippen LogP contribution < -0.4 is 5.56 Å². The van der Waals surface area contributed by atoms with Gasteiger partial charge in [-0.05, 0) is 58.0 Å². The van der Waals surface area contributed by atoms with E-state index in [1.807, 2.05) is 25.1 Å². The minimum absolute atomic E-state index is 0.0989. The first-order valence-electron chi connectivity index (χ1n) is 9.08. The predicted octanol–water partition coefficient (Wildman–Crippen LogP) is 2.27. The van der Waals surface area contributed by atoms with Gasteiger partial charge in [0.1, 0.15) is 6.04 Å². The summed E-state index contributed by atoms with van der Waals surface area (Å²) in [6.45, 7) is 4.11. The number of likely N-dealkylation sites (tertiary alicyclic amines) is 1. The van der Waals surface area contributed by atoms with Gasteiger partial charge in [-0.3, -0.25) is 9.36 Å². The Kier molecular flexibility index (Phi) is 4.55. The van der Waals surface area contributed by atoms with E-state index in [-0.39, 0.29) is 11.6 Å². The van der Waals surface area contributed by atoms with Crippen molar-refractivity contribution in [1.82, 2.24) is 24.6 Å². The summed E-state index contributed by atoms with van der Waals surface area (Å²) in [7, 11) is 2.15. The van der Waals surface area contributed by atoms with Crippen LogP contribution in [0.1, 0.15) is 37.5 Å². The number of para-hydroxylation sites is 1. The number of benzene rings is 1. The number of fused-ring (bicyclic) bond motifs is 1. The lowest BCUT2D eigenvalue weighted by Gasteiger charge is -2.28. The Morgan fingerprint density at radius 3 is 2.85 bits per heavy atom.